The summed E-state index contributed by atoms with van der Waals surface area (Å²) in [5.74, 6) is -2.19. The summed E-state index contributed by atoms with van der Waals surface area (Å²) in [6.07, 6.45) is 9.57. The first-order chi connectivity index (χ1) is 20.7. The van der Waals surface area contributed by atoms with Gasteiger partial charge in [0.25, 0.3) is 6.33 Å². The molecule has 0 radical (unpaired) electrons. The molecule has 0 saturated carbocycles. The lowest BCUT2D eigenvalue weighted by atomic mass is 9.77. The summed E-state index contributed by atoms with van der Waals surface area (Å²) in [4.78, 5) is 28.4. The van der Waals surface area contributed by atoms with Crippen molar-refractivity contribution in [2.24, 2.45) is 11.8 Å². The Morgan fingerprint density at radius 2 is 1.84 bits per heavy atom. The van der Waals surface area contributed by atoms with E-state index in [-0.39, 0.29) is 23.6 Å². The number of benzene rings is 2. The Bertz CT molecular complexity index is 1960. The number of thiazole rings is 1. The molecular weight excluding hydrogens is 581 g/mol. The highest BCUT2D eigenvalue weighted by Gasteiger charge is 2.60. The van der Waals surface area contributed by atoms with Gasteiger partial charge in [-0.3, -0.25) is 4.79 Å². The van der Waals surface area contributed by atoms with Crippen LogP contribution >= 0.6 is 23.1 Å². The predicted molar refractivity (Wildman–Crippen MR) is 166 cm³/mol. The van der Waals surface area contributed by atoms with Crippen molar-refractivity contribution in [1.82, 2.24) is 9.30 Å². The molecule has 10 heteroatoms. The molecule has 43 heavy (non-hydrogen) atoms. The van der Waals surface area contributed by atoms with Gasteiger partial charge in [-0.25, -0.2) is 13.9 Å². The van der Waals surface area contributed by atoms with E-state index < -0.39 is 18.0 Å². The minimum Gasteiger partial charge on any atom is -0.477 e. The smallest absolute Gasteiger partial charge is 0.352 e. The van der Waals surface area contributed by atoms with Gasteiger partial charge in [-0.1, -0.05) is 66.4 Å². The van der Waals surface area contributed by atoms with Crippen molar-refractivity contribution in [3.63, 3.8) is 0 Å². The Morgan fingerprint density at radius 1 is 1.09 bits per heavy atom. The van der Waals surface area contributed by atoms with E-state index in [4.69, 9.17) is 0 Å². The van der Waals surface area contributed by atoms with Crippen LogP contribution in [0.25, 0.3) is 21.2 Å². The van der Waals surface area contributed by atoms with Gasteiger partial charge in [-0.05, 0) is 36.3 Å². The normalized spacial score (nSPS) is 20.6. The van der Waals surface area contributed by atoms with Crippen LogP contribution in [-0.2, 0) is 22.7 Å². The van der Waals surface area contributed by atoms with Gasteiger partial charge in [0.2, 0.25) is 15.8 Å². The summed E-state index contributed by atoms with van der Waals surface area (Å²) >= 11 is 3.21. The summed E-state index contributed by atoms with van der Waals surface area (Å²) in [6.45, 7) is 5.04. The third kappa shape index (κ3) is 4.56. The minimum absolute atomic E-state index is 0.0450. The van der Waals surface area contributed by atoms with Gasteiger partial charge in [-0.15, -0.1) is 0 Å². The van der Waals surface area contributed by atoms with E-state index in [0.29, 0.717) is 12.1 Å². The summed E-state index contributed by atoms with van der Waals surface area (Å²) in [5.41, 5.74) is 3.14. The molecule has 0 bridgehead atoms. The van der Waals surface area contributed by atoms with Crippen LogP contribution in [0.1, 0.15) is 29.9 Å². The number of fused-ring (bicyclic) bond motifs is 3. The van der Waals surface area contributed by atoms with E-state index in [9.17, 15) is 19.8 Å². The molecule has 2 aliphatic rings. The van der Waals surface area contributed by atoms with Crippen LogP contribution in [0.5, 0.6) is 0 Å². The van der Waals surface area contributed by atoms with E-state index >= 15 is 0 Å². The predicted octanol–water partition coefficient (Wildman–Crippen LogP) is 4.20. The number of aliphatic carboxylic acids is 1. The van der Waals surface area contributed by atoms with Crippen molar-refractivity contribution in [2.75, 3.05) is 6.26 Å². The summed E-state index contributed by atoms with van der Waals surface area (Å²) < 4.78 is 6.50. The average Bonchev–Trinajstić information content (AvgIpc) is 3.60. The number of aliphatic hydroxyl groups excluding tert-OH is 1. The number of thioether (sulfide) groups is 1. The molecule has 1 amide bonds. The van der Waals surface area contributed by atoms with Gasteiger partial charge in [0.05, 0.1) is 22.9 Å². The number of hydrogen-bond donors (Lipinski definition) is 2. The van der Waals surface area contributed by atoms with Crippen LogP contribution in [0.3, 0.4) is 0 Å². The van der Waals surface area contributed by atoms with Gasteiger partial charge in [-0.2, -0.15) is 4.40 Å². The van der Waals surface area contributed by atoms with Crippen LogP contribution in [0.2, 0.25) is 0 Å². The fraction of sp³-hybridized carbons (Fsp3) is 0.273. The number of carboxylic acid groups (broad SMARTS) is 1. The first-order valence-corrected chi connectivity index (χ1v) is 16.3. The molecule has 1 fully saturated rings. The maximum absolute atomic E-state index is 12.8. The number of pyridine rings is 1. The highest BCUT2D eigenvalue weighted by atomic mass is 32.2. The van der Waals surface area contributed by atoms with Crippen LogP contribution in [0.15, 0.2) is 90.2 Å². The lowest BCUT2D eigenvalue weighted by Gasteiger charge is -2.46. The van der Waals surface area contributed by atoms with Crippen molar-refractivity contribution >= 4 is 56.2 Å². The standard InChI is InChI=1S/C33H31N4O4S2/c1-19-26(29(33(40)41)37-28(19)27(20(2)38)30(37)39)25-17-36-18-35(31(42-3)32(36)43-25)15-22-8-6-7-21(13-22)14-34-12-11-23-9-4-5-10-24(23)16-34/h4-13,16-20,27-28,38H,14-15H2,1-3H3/q+1/p+1/t19-,20+,27+,28+/m0/s1. The molecule has 0 spiro atoms. The Hall–Kier alpha value is -3.99. The molecule has 0 unspecified atom stereocenters. The number of hydrogen-bond acceptors (Lipinski definition) is 5. The van der Waals surface area contributed by atoms with Gasteiger partial charge in [0, 0.05) is 28.5 Å². The fourth-order valence-corrected chi connectivity index (χ4v) is 8.96. The second-order valence-electron chi connectivity index (χ2n) is 11.4. The van der Waals surface area contributed by atoms with Crippen LogP contribution in [-0.4, -0.2) is 49.8 Å². The molecule has 8 nitrogen and oxygen atoms in total. The number of amides is 1. The molecule has 2 N–H and O–H groups in total. The number of aromatic nitrogens is 3. The zero-order valence-corrected chi connectivity index (χ0v) is 25.7. The molecule has 1 saturated heterocycles. The van der Waals surface area contributed by atoms with E-state index in [2.05, 4.69) is 93.1 Å². The number of imidazole rings is 1. The van der Waals surface area contributed by atoms with E-state index in [1.165, 1.54) is 26.8 Å². The van der Waals surface area contributed by atoms with E-state index in [1.807, 2.05) is 13.1 Å². The SMILES string of the molecule is CSc1c2sc(C3=C(C(=O)O)N4C(=O)[C@H]([C@@H](C)O)[C@H]4[C@H]3C)cn2c[n+]1Cc1cccc(C[n+]2ccc3ccccc3c2)c1. The van der Waals surface area contributed by atoms with Gasteiger partial charge in [0.15, 0.2) is 18.9 Å². The molecule has 5 heterocycles. The molecule has 0 aliphatic carbocycles. The van der Waals surface area contributed by atoms with Gasteiger partial charge < -0.3 is 15.1 Å². The quantitative estimate of drug-likeness (QED) is 0.156. The summed E-state index contributed by atoms with van der Waals surface area (Å²) in [7, 11) is 0. The number of β-lactam (4-membered cyclic amide) rings is 1. The first-order valence-electron chi connectivity index (χ1n) is 14.3. The molecule has 3 aromatic heterocycles. The Morgan fingerprint density at radius 3 is 2.56 bits per heavy atom. The van der Waals surface area contributed by atoms with Crippen molar-refractivity contribution in [3.8, 4) is 0 Å². The van der Waals surface area contributed by atoms with Gasteiger partial charge >= 0.3 is 5.97 Å². The number of rotatable bonds is 8. The summed E-state index contributed by atoms with van der Waals surface area (Å²) in [5, 5.41) is 23.8. The third-order valence-electron chi connectivity index (χ3n) is 8.69. The summed E-state index contributed by atoms with van der Waals surface area (Å²) in [6, 6.07) is 18.8. The van der Waals surface area contributed by atoms with Crippen molar-refractivity contribution in [2.45, 2.75) is 44.1 Å². The van der Waals surface area contributed by atoms with E-state index in [0.717, 1.165) is 21.3 Å². The molecule has 218 valence electrons. The number of nitrogens with zero attached hydrogens (tertiary/aromatic N) is 4. The van der Waals surface area contributed by atoms with Crippen LogP contribution < -0.4 is 9.13 Å². The highest BCUT2D eigenvalue weighted by Crippen LogP contribution is 2.51. The van der Waals surface area contributed by atoms with Crippen molar-refractivity contribution in [1.29, 1.82) is 0 Å². The molecule has 7 rings (SSSR count). The number of aliphatic hydroxyl groups is 1. The second kappa shape index (κ2) is 10.6. The number of carbonyl (C=O) groups is 2. The maximum Gasteiger partial charge on any atom is 0.352 e. The molecule has 2 aliphatic heterocycles. The van der Waals surface area contributed by atoms with Crippen LogP contribution in [0.4, 0.5) is 0 Å². The molecular formula is C33H32N4O4S2+2. The second-order valence-corrected chi connectivity index (χ2v) is 13.3. The zero-order valence-electron chi connectivity index (χ0n) is 24.0. The molecule has 4 atom stereocenters. The lowest BCUT2D eigenvalue weighted by molar-refractivity contribution is -0.721. The topological polar surface area (TPSA) is 90.0 Å². The number of carboxylic acids is 1. The molecule has 5 aromatic rings. The average molecular weight is 613 g/mol. The Balaban J connectivity index is 1.17. The zero-order chi connectivity index (χ0) is 30.0. The minimum atomic E-state index is -1.11. The Kier molecular flexibility index (Phi) is 6.87. The molecule has 2 aromatic carbocycles. The van der Waals surface area contributed by atoms with Crippen molar-refractivity contribution < 1.29 is 28.9 Å². The lowest BCUT2D eigenvalue weighted by Crippen LogP contribution is -2.63. The first kappa shape index (κ1) is 27.8. The highest BCUT2D eigenvalue weighted by molar-refractivity contribution is 7.98. The monoisotopic (exact) mass is 612 g/mol. The maximum atomic E-state index is 12.8. The number of carbonyl (C=O) groups excluding carboxylic acids is 1. The van der Waals surface area contributed by atoms with Crippen molar-refractivity contribution in [3.05, 3.63) is 101 Å². The largest absolute Gasteiger partial charge is 0.477 e. The van der Waals surface area contributed by atoms with Crippen LogP contribution in [0, 0.1) is 11.8 Å². The third-order valence-corrected chi connectivity index (χ3v) is 10.8. The van der Waals surface area contributed by atoms with E-state index in [1.54, 1.807) is 30.0 Å². The van der Waals surface area contributed by atoms with Gasteiger partial charge in [0.1, 0.15) is 18.4 Å². The Labute approximate surface area is 257 Å². The fourth-order valence-electron chi connectivity index (χ4n) is 6.78.